The second kappa shape index (κ2) is 5.19. The van der Waals surface area contributed by atoms with E-state index in [1.54, 1.807) is 0 Å². The summed E-state index contributed by atoms with van der Waals surface area (Å²) in [6, 6.07) is 0. The monoisotopic (exact) mass is 156 g/mol. The molecule has 1 N–H and O–H groups in total. The number of rotatable bonds is 5. The predicted octanol–water partition coefficient (Wildman–Crippen LogP) is 1.80. The van der Waals surface area contributed by atoms with Gasteiger partial charge in [0, 0.05) is 5.70 Å². The summed E-state index contributed by atoms with van der Waals surface area (Å²) in [6.07, 6.45) is 1.59. The van der Waals surface area contributed by atoms with Gasteiger partial charge in [0.2, 0.25) is 0 Å². The van der Waals surface area contributed by atoms with Crippen molar-refractivity contribution >= 4 is 0 Å². The van der Waals surface area contributed by atoms with Crippen molar-refractivity contribution in [2.45, 2.75) is 33.4 Å². The van der Waals surface area contributed by atoms with Crippen LogP contribution in [-0.2, 0) is 0 Å². The van der Waals surface area contributed by atoms with Gasteiger partial charge >= 0.3 is 0 Å². The van der Waals surface area contributed by atoms with Crippen LogP contribution in [0.1, 0.15) is 27.2 Å². The van der Waals surface area contributed by atoms with Crippen molar-refractivity contribution in [2.24, 2.45) is 0 Å². The molecule has 0 saturated carbocycles. The molecule has 0 fully saturated rings. The minimum Gasteiger partial charge on any atom is -0.374 e. The van der Waals surface area contributed by atoms with Gasteiger partial charge < -0.3 is 5.32 Å². The van der Waals surface area contributed by atoms with E-state index in [-0.39, 0.29) is 0 Å². The van der Waals surface area contributed by atoms with Crippen molar-refractivity contribution in [3.05, 3.63) is 12.3 Å². The van der Waals surface area contributed by atoms with E-state index in [2.05, 4.69) is 37.7 Å². The summed E-state index contributed by atoms with van der Waals surface area (Å²) in [5.41, 5.74) is 1.03. The van der Waals surface area contributed by atoms with Gasteiger partial charge in [0.15, 0.2) is 0 Å². The highest BCUT2D eigenvalue weighted by atomic mass is 15.2. The van der Waals surface area contributed by atoms with Crippen LogP contribution in [0, 0.1) is 0 Å². The molecule has 0 aliphatic carbocycles. The Labute approximate surface area is 70.3 Å². The maximum Gasteiger partial charge on any atom is 0.0758 e. The zero-order valence-electron chi connectivity index (χ0n) is 8.15. The van der Waals surface area contributed by atoms with Crippen LogP contribution in [0.5, 0.6) is 0 Å². The molecule has 0 aromatic carbocycles. The number of allylic oxidation sites excluding steroid dienone is 1. The molecule has 0 aliphatic heterocycles. The fourth-order valence-electron chi connectivity index (χ4n) is 1.01. The van der Waals surface area contributed by atoms with E-state index in [4.69, 9.17) is 0 Å². The summed E-state index contributed by atoms with van der Waals surface area (Å²) in [6.45, 7) is 11.2. The van der Waals surface area contributed by atoms with Gasteiger partial charge in [0.05, 0.1) is 6.17 Å². The van der Waals surface area contributed by atoms with Gasteiger partial charge in [-0.05, 0) is 33.9 Å². The van der Waals surface area contributed by atoms with Gasteiger partial charge in [-0.15, -0.1) is 0 Å². The minimum absolute atomic E-state index is 0.396. The Morgan fingerprint density at radius 1 is 1.64 bits per heavy atom. The first kappa shape index (κ1) is 10.5. The van der Waals surface area contributed by atoms with E-state index in [0.29, 0.717) is 6.17 Å². The molecule has 11 heavy (non-hydrogen) atoms. The molecular weight excluding hydrogens is 136 g/mol. The van der Waals surface area contributed by atoms with E-state index >= 15 is 0 Å². The maximum atomic E-state index is 3.80. The van der Waals surface area contributed by atoms with E-state index in [9.17, 15) is 0 Å². The van der Waals surface area contributed by atoms with Crippen LogP contribution in [0.25, 0.3) is 0 Å². The topological polar surface area (TPSA) is 15.3 Å². The zero-order chi connectivity index (χ0) is 8.85. The number of nitrogens with zero attached hydrogens (tertiary/aromatic N) is 1. The largest absolute Gasteiger partial charge is 0.374 e. The van der Waals surface area contributed by atoms with E-state index in [0.717, 1.165) is 12.2 Å². The SMILES string of the molecule is C=C(C)NC(C)N(C)CCC. The van der Waals surface area contributed by atoms with Gasteiger partial charge in [-0.1, -0.05) is 13.5 Å². The average Bonchev–Trinajstić information content (AvgIpc) is 1.86. The van der Waals surface area contributed by atoms with Gasteiger partial charge in [0.25, 0.3) is 0 Å². The van der Waals surface area contributed by atoms with Crippen molar-refractivity contribution in [1.82, 2.24) is 10.2 Å². The molecule has 0 rings (SSSR count). The Bertz CT molecular complexity index is 121. The molecule has 0 amide bonds. The van der Waals surface area contributed by atoms with Crippen molar-refractivity contribution in [1.29, 1.82) is 0 Å². The third-order valence-electron chi connectivity index (χ3n) is 1.69. The van der Waals surface area contributed by atoms with Gasteiger partial charge in [-0.2, -0.15) is 0 Å². The highest BCUT2D eigenvalue weighted by Crippen LogP contribution is 1.95. The van der Waals surface area contributed by atoms with Crippen LogP contribution in [-0.4, -0.2) is 24.7 Å². The number of hydrogen-bond donors (Lipinski definition) is 1. The van der Waals surface area contributed by atoms with Crippen LogP contribution in [0.3, 0.4) is 0 Å². The predicted molar refractivity (Wildman–Crippen MR) is 50.3 cm³/mol. The first-order chi connectivity index (χ1) is 5.07. The lowest BCUT2D eigenvalue weighted by Gasteiger charge is -2.25. The summed E-state index contributed by atoms with van der Waals surface area (Å²) < 4.78 is 0. The summed E-state index contributed by atoms with van der Waals surface area (Å²) in [7, 11) is 2.12. The van der Waals surface area contributed by atoms with Crippen LogP contribution in [0.2, 0.25) is 0 Å². The third kappa shape index (κ3) is 4.85. The molecule has 0 aliphatic rings. The minimum atomic E-state index is 0.396. The lowest BCUT2D eigenvalue weighted by Crippen LogP contribution is -2.40. The Hall–Kier alpha value is -0.500. The van der Waals surface area contributed by atoms with Crippen LogP contribution in [0.15, 0.2) is 12.3 Å². The van der Waals surface area contributed by atoms with Crippen molar-refractivity contribution in [2.75, 3.05) is 13.6 Å². The van der Waals surface area contributed by atoms with E-state index in [1.165, 1.54) is 6.42 Å². The van der Waals surface area contributed by atoms with Gasteiger partial charge in [-0.3, -0.25) is 4.90 Å². The molecule has 0 heterocycles. The normalized spacial score (nSPS) is 13.2. The lowest BCUT2D eigenvalue weighted by molar-refractivity contribution is 0.233. The molecule has 2 heteroatoms. The standard InChI is InChI=1S/C9H20N2/c1-6-7-11(5)9(4)10-8(2)3/h9-10H,2,6-7H2,1,3-5H3. The molecule has 0 aromatic rings. The smallest absolute Gasteiger partial charge is 0.0758 e. The van der Waals surface area contributed by atoms with Crippen LogP contribution in [0.4, 0.5) is 0 Å². The number of hydrogen-bond acceptors (Lipinski definition) is 2. The summed E-state index contributed by atoms with van der Waals surface area (Å²) in [5.74, 6) is 0. The maximum absolute atomic E-state index is 3.80. The van der Waals surface area contributed by atoms with Crippen molar-refractivity contribution < 1.29 is 0 Å². The van der Waals surface area contributed by atoms with Crippen molar-refractivity contribution in [3.63, 3.8) is 0 Å². The third-order valence-corrected chi connectivity index (χ3v) is 1.69. The summed E-state index contributed by atoms with van der Waals surface area (Å²) >= 11 is 0. The second-order valence-corrected chi connectivity index (χ2v) is 3.08. The van der Waals surface area contributed by atoms with Gasteiger partial charge in [-0.25, -0.2) is 0 Å². The highest BCUT2D eigenvalue weighted by Gasteiger charge is 2.05. The zero-order valence-corrected chi connectivity index (χ0v) is 8.15. The molecular formula is C9H20N2. The molecule has 0 radical (unpaired) electrons. The fraction of sp³-hybridized carbons (Fsp3) is 0.778. The molecule has 1 unspecified atom stereocenters. The lowest BCUT2D eigenvalue weighted by atomic mass is 10.4. The van der Waals surface area contributed by atoms with E-state index in [1.807, 2.05) is 6.92 Å². The summed E-state index contributed by atoms with van der Waals surface area (Å²) in [5, 5.41) is 3.26. The van der Waals surface area contributed by atoms with E-state index < -0.39 is 0 Å². The van der Waals surface area contributed by atoms with Crippen LogP contribution < -0.4 is 5.32 Å². The average molecular weight is 156 g/mol. The molecule has 0 spiro atoms. The van der Waals surface area contributed by atoms with Gasteiger partial charge in [0.1, 0.15) is 0 Å². The van der Waals surface area contributed by atoms with Crippen molar-refractivity contribution in [3.8, 4) is 0 Å². The molecule has 2 nitrogen and oxygen atoms in total. The second-order valence-electron chi connectivity index (χ2n) is 3.08. The summed E-state index contributed by atoms with van der Waals surface area (Å²) in [4.78, 5) is 2.27. The molecule has 0 bridgehead atoms. The molecule has 0 aromatic heterocycles. The molecule has 0 saturated heterocycles. The van der Waals surface area contributed by atoms with Crippen LogP contribution >= 0.6 is 0 Å². The Kier molecular flexibility index (Phi) is 4.95. The fourth-order valence-corrected chi connectivity index (χ4v) is 1.01. The Morgan fingerprint density at radius 3 is 2.55 bits per heavy atom. The Morgan fingerprint density at radius 2 is 2.18 bits per heavy atom. The quantitative estimate of drug-likeness (QED) is 0.611. The first-order valence-electron chi connectivity index (χ1n) is 4.20. The highest BCUT2D eigenvalue weighted by molar-refractivity contribution is 4.86. The number of nitrogens with one attached hydrogen (secondary N) is 1. The molecule has 66 valence electrons. The first-order valence-corrected chi connectivity index (χ1v) is 4.20. The molecule has 1 atom stereocenters. The Balaban J connectivity index is 3.63.